The van der Waals surface area contributed by atoms with Crippen LogP contribution in [0.25, 0.3) is 0 Å². The first-order valence-corrected chi connectivity index (χ1v) is 12.8. The average Bonchev–Trinajstić information content (AvgIpc) is 2.74. The maximum absolute atomic E-state index is 12.7. The molecule has 1 N–H and O–H groups in total. The minimum absolute atomic E-state index is 0.134. The van der Waals surface area contributed by atoms with Gasteiger partial charge in [-0.1, -0.05) is 19.1 Å². The first-order chi connectivity index (χ1) is 14.7. The second kappa shape index (κ2) is 9.73. The quantitative estimate of drug-likeness (QED) is 0.696. The van der Waals surface area contributed by atoms with E-state index in [4.69, 9.17) is 0 Å². The molecule has 1 atom stereocenters. The molecule has 0 saturated carbocycles. The third-order valence-corrected chi connectivity index (χ3v) is 7.26. The van der Waals surface area contributed by atoms with Gasteiger partial charge in [-0.05, 0) is 74.6 Å². The molecule has 168 valence electrons. The van der Waals surface area contributed by atoms with Gasteiger partial charge >= 0.3 is 0 Å². The number of rotatable bonds is 7. The number of piperidine rings is 1. The average molecular weight is 444 g/mol. The van der Waals surface area contributed by atoms with Crippen molar-refractivity contribution in [3.05, 3.63) is 59.7 Å². The summed E-state index contributed by atoms with van der Waals surface area (Å²) in [4.78, 5) is 15.1. The van der Waals surface area contributed by atoms with Gasteiger partial charge in [0.15, 0.2) is 0 Å². The zero-order valence-electron chi connectivity index (χ0n) is 18.8. The Hall–Kier alpha value is -2.54. The van der Waals surface area contributed by atoms with E-state index in [0.29, 0.717) is 17.8 Å². The van der Waals surface area contributed by atoms with E-state index >= 15 is 0 Å². The summed E-state index contributed by atoms with van der Waals surface area (Å²) in [6.07, 6.45) is 3.64. The number of hydrogen-bond acceptors (Lipinski definition) is 4. The molecule has 1 aliphatic heterocycles. The van der Waals surface area contributed by atoms with E-state index in [1.807, 2.05) is 6.92 Å². The number of carbonyl (C=O) groups is 1. The molecular weight excluding hydrogens is 410 g/mol. The van der Waals surface area contributed by atoms with E-state index in [9.17, 15) is 13.2 Å². The molecule has 1 aliphatic rings. The third kappa shape index (κ3) is 5.79. The molecule has 0 unspecified atom stereocenters. The fourth-order valence-corrected chi connectivity index (χ4v) is 4.97. The summed E-state index contributed by atoms with van der Waals surface area (Å²) in [5, 5.41) is 3.03. The summed E-state index contributed by atoms with van der Waals surface area (Å²) in [7, 11) is -3.34. The lowest BCUT2D eigenvalue weighted by Gasteiger charge is -2.32. The first kappa shape index (κ1) is 23.1. The van der Waals surface area contributed by atoms with Crippen LogP contribution in [0.3, 0.4) is 0 Å². The summed E-state index contributed by atoms with van der Waals surface area (Å²) in [5.74, 6) is 0.617. The predicted octanol–water partition coefficient (Wildman–Crippen LogP) is 4.20. The Morgan fingerprint density at radius 1 is 1.10 bits per heavy atom. The summed E-state index contributed by atoms with van der Waals surface area (Å²) < 4.78 is 25.0. The molecule has 1 amide bonds. The number of benzene rings is 2. The second-order valence-electron chi connectivity index (χ2n) is 8.43. The van der Waals surface area contributed by atoms with Crippen LogP contribution < -0.4 is 14.5 Å². The van der Waals surface area contributed by atoms with Gasteiger partial charge in [-0.2, -0.15) is 0 Å². The van der Waals surface area contributed by atoms with E-state index in [2.05, 4.69) is 41.4 Å². The van der Waals surface area contributed by atoms with E-state index in [1.165, 1.54) is 29.1 Å². The van der Waals surface area contributed by atoms with Crippen molar-refractivity contribution in [2.45, 2.75) is 39.7 Å². The summed E-state index contributed by atoms with van der Waals surface area (Å²) in [5.41, 5.74) is 3.33. The van der Waals surface area contributed by atoms with Crippen molar-refractivity contribution >= 4 is 27.3 Å². The number of amides is 1. The van der Waals surface area contributed by atoms with Gasteiger partial charge in [0, 0.05) is 30.9 Å². The standard InChI is InChI=1S/C24H33N3O3S/c1-5-27(31(4,29)30)23-12-8-21(9-13-23)24(28)25-19(3)20-6-10-22(11-7-20)26-16-14-18(2)15-17-26/h6-13,18-19H,5,14-17H2,1-4H3,(H,25,28)/t19-/m1/s1. The van der Waals surface area contributed by atoms with Gasteiger partial charge in [-0.3, -0.25) is 9.10 Å². The largest absolute Gasteiger partial charge is 0.372 e. The molecule has 0 spiro atoms. The Bertz CT molecular complexity index is 980. The Morgan fingerprint density at radius 3 is 2.19 bits per heavy atom. The van der Waals surface area contributed by atoms with Crippen LogP contribution in [-0.4, -0.2) is 40.2 Å². The van der Waals surface area contributed by atoms with Crippen molar-refractivity contribution in [1.29, 1.82) is 0 Å². The number of hydrogen-bond donors (Lipinski definition) is 1. The maximum atomic E-state index is 12.7. The number of nitrogens with one attached hydrogen (secondary N) is 1. The van der Waals surface area contributed by atoms with Gasteiger partial charge in [-0.15, -0.1) is 0 Å². The second-order valence-corrected chi connectivity index (χ2v) is 10.3. The summed E-state index contributed by atoms with van der Waals surface area (Å²) in [6, 6.07) is 14.9. The topological polar surface area (TPSA) is 69.7 Å². The zero-order chi connectivity index (χ0) is 22.6. The number of nitrogens with zero attached hydrogens (tertiary/aromatic N) is 2. The smallest absolute Gasteiger partial charge is 0.251 e. The normalized spacial score (nSPS) is 16.1. The summed E-state index contributed by atoms with van der Waals surface area (Å²) in [6.45, 7) is 8.58. The highest BCUT2D eigenvalue weighted by atomic mass is 32.2. The van der Waals surface area contributed by atoms with Gasteiger partial charge in [0.1, 0.15) is 0 Å². The molecule has 0 radical (unpaired) electrons. The lowest BCUT2D eigenvalue weighted by atomic mass is 9.98. The van der Waals surface area contributed by atoms with Crippen LogP contribution in [0.1, 0.15) is 55.6 Å². The van der Waals surface area contributed by atoms with Gasteiger partial charge in [0.2, 0.25) is 10.0 Å². The molecule has 1 saturated heterocycles. The first-order valence-electron chi connectivity index (χ1n) is 10.9. The van der Waals surface area contributed by atoms with Gasteiger partial charge in [0.25, 0.3) is 5.91 Å². The van der Waals surface area contributed by atoms with E-state index < -0.39 is 10.0 Å². The molecule has 31 heavy (non-hydrogen) atoms. The van der Waals surface area contributed by atoms with Crippen molar-refractivity contribution in [2.24, 2.45) is 5.92 Å². The van der Waals surface area contributed by atoms with Crippen LogP contribution in [0, 0.1) is 5.92 Å². The fourth-order valence-electron chi connectivity index (χ4n) is 3.99. The van der Waals surface area contributed by atoms with Crippen LogP contribution >= 0.6 is 0 Å². The van der Waals surface area contributed by atoms with E-state index in [0.717, 1.165) is 24.6 Å². The molecule has 1 fully saturated rings. The molecule has 2 aromatic rings. The molecule has 3 rings (SSSR count). The number of sulfonamides is 1. The Kier molecular flexibility index (Phi) is 7.26. The molecule has 6 nitrogen and oxygen atoms in total. The zero-order valence-corrected chi connectivity index (χ0v) is 19.7. The lowest BCUT2D eigenvalue weighted by molar-refractivity contribution is 0.0940. The van der Waals surface area contributed by atoms with Crippen LogP contribution in [0.2, 0.25) is 0 Å². The monoisotopic (exact) mass is 443 g/mol. The Morgan fingerprint density at radius 2 is 1.68 bits per heavy atom. The van der Waals surface area contributed by atoms with Crippen LogP contribution in [0.15, 0.2) is 48.5 Å². The van der Waals surface area contributed by atoms with Crippen molar-refractivity contribution < 1.29 is 13.2 Å². The van der Waals surface area contributed by atoms with Crippen molar-refractivity contribution in [1.82, 2.24) is 5.32 Å². The van der Waals surface area contributed by atoms with Crippen molar-refractivity contribution in [3.8, 4) is 0 Å². The van der Waals surface area contributed by atoms with Gasteiger partial charge in [0.05, 0.1) is 18.0 Å². The minimum Gasteiger partial charge on any atom is -0.372 e. The molecule has 1 heterocycles. The Labute approximate surface area is 186 Å². The van der Waals surface area contributed by atoms with Gasteiger partial charge < -0.3 is 10.2 Å². The highest BCUT2D eigenvalue weighted by Crippen LogP contribution is 2.25. The molecule has 2 aromatic carbocycles. The molecule has 0 bridgehead atoms. The molecule has 7 heteroatoms. The highest BCUT2D eigenvalue weighted by molar-refractivity contribution is 7.92. The number of anilines is 2. The van der Waals surface area contributed by atoms with Crippen molar-refractivity contribution in [2.75, 3.05) is 35.1 Å². The summed E-state index contributed by atoms with van der Waals surface area (Å²) >= 11 is 0. The van der Waals surface area contributed by atoms with E-state index in [-0.39, 0.29) is 11.9 Å². The third-order valence-electron chi connectivity index (χ3n) is 5.99. The molecule has 0 aromatic heterocycles. The van der Waals surface area contributed by atoms with E-state index in [1.54, 1.807) is 31.2 Å². The fraction of sp³-hybridized carbons (Fsp3) is 0.458. The highest BCUT2D eigenvalue weighted by Gasteiger charge is 2.18. The molecular formula is C24H33N3O3S. The van der Waals surface area contributed by atoms with Crippen LogP contribution in [0.4, 0.5) is 11.4 Å². The Balaban J connectivity index is 1.62. The van der Waals surface area contributed by atoms with Gasteiger partial charge in [-0.25, -0.2) is 8.42 Å². The predicted molar refractivity (Wildman–Crippen MR) is 127 cm³/mol. The SMILES string of the molecule is CCN(c1ccc(C(=O)N[C@H](C)c2ccc(N3CCC(C)CC3)cc2)cc1)S(C)(=O)=O. The molecule has 0 aliphatic carbocycles. The van der Waals surface area contributed by atoms with Crippen LogP contribution in [-0.2, 0) is 10.0 Å². The lowest BCUT2D eigenvalue weighted by Crippen LogP contribution is -2.32. The number of carbonyl (C=O) groups excluding carboxylic acids is 1. The minimum atomic E-state index is -3.34. The van der Waals surface area contributed by atoms with Crippen molar-refractivity contribution in [3.63, 3.8) is 0 Å². The maximum Gasteiger partial charge on any atom is 0.251 e. The van der Waals surface area contributed by atoms with Crippen LogP contribution in [0.5, 0.6) is 0 Å².